The fraction of sp³-hybridized carbons (Fsp3) is 1.00. The molecule has 2 heteroatoms. The molecular formula is C16H31OP. The van der Waals surface area contributed by atoms with Crippen molar-refractivity contribution in [1.82, 2.24) is 0 Å². The third-order valence-electron chi connectivity index (χ3n) is 5.46. The van der Waals surface area contributed by atoms with Crippen LogP contribution in [0, 0.1) is 17.8 Å². The molecule has 18 heavy (non-hydrogen) atoms. The van der Waals surface area contributed by atoms with E-state index >= 15 is 0 Å². The molecule has 0 spiro atoms. The number of hydrogen-bond acceptors (Lipinski definition) is 1. The highest BCUT2D eigenvalue weighted by Gasteiger charge is 2.28. The second kappa shape index (κ2) is 7.25. The molecule has 0 aromatic carbocycles. The Kier molecular flexibility index (Phi) is 5.96. The van der Waals surface area contributed by atoms with Crippen LogP contribution in [0.25, 0.3) is 0 Å². The van der Waals surface area contributed by atoms with Crippen molar-refractivity contribution in [3.63, 3.8) is 0 Å². The lowest BCUT2D eigenvalue weighted by Crippen LogP contribution is -2.29. The minimum absolute atomic E-state index is 0.00321. The fourth-order valence-electron chi connectivity index (χ4n) is 3.98. The van der Waals surface area contributed by atoms with Crippen LogP contribution in [-0.4, -0.2) is 16.9 Å². The maximum Gasteiger partial charge on any atom is 0.0570 e. The summed E-state index contributed by atoms with van der Waals surface area (Å²) in [5.74, 6) is 2.40. The molecule has 1 nitrogen and oxygen atoms in total. The Morgan fingerprint density at radius 2 is 1.56 bits per heavy atom. The molecule has 2 aliphatic rings. The molecule has 4 atom stereocenters. The molecule has 0 heterocycles. The van der Waals surface area contributed by atoms with Crippen molar-refractivity contribution in [3.05, 3.63) is 0 Å². The summed E-state index contributed by atoms with van der Waals surface area (Å²) in [4.78, 5) is 0. The standard InChI is InChI=1S/C16H31OP/c1-2-14-8-5-13(11-16(14)17)4-3-12-6-9-15(18)10-7-12/h12-17H,2-11,18H2,1H3. The van der Waals surface area contributed by atoms with Crippen LogP contribution in [0.2, 0.25) is 0 Å². The lowest BCUT2D eigenvalue weighted by atomic mass is 9.75. The van der Waals surface area contributed by atoms with Gasteiger partial charge in [0.25, 0.3) is 0 Å². The highest BCUT2D eigenvalue weighted by molar-refractivity contribution is 7.17. The molecule has 2 saturated carbocycles. The van der Waals surface area contributed by atoms with Gasteiger partial charge in [-0.2, -0.15) is 0 Å². The third-order valence-corrected chi connectivity index (χ3v) is 6.13. The normalized spacial score (nSPS) is 41.8. The quantitative estimate of drug-likeness (QED) is 0.751. The molecule has 0 radical (unpaired) electrons. The van der Waals surface area contributed by atoms with Gasteiger partial charge in [-0.15, -0.1) is 9.24 Å². The Labute approximate surface area is 115 Å². The Morgan fingerprint density at radius 1 is 0.944 bits per heavy atom. The molecule has 0 bridgehead atoms. The summed E-state index contributed by atoms with van der Waals surface area (Å²) in [6, 6.07) is 0. The van der Waals surface area contributed by atoms with Gasteiger partial charge in [0.2, 0.25) is 0 Å². The van der Waals surface area contributed by atoms with Crippen molar-refractivity contribution in [1.29, 1.82) is 0 Å². The Balaban J connectivity index is 1.65. The highest BCUT2D eigenvalue weighted by Crippen LogP contribution is 2.37. The molecule has 0 aliphatic heterocycles. The zero-order valence-corrected chi connectivity index (χ0v) is 13.1. The molecule has 4 unspecified atom stereocenters. The maximum atomic E-state index is 10.1. The largest absolute Gasteiger partial charge is 0.393 e. The van der Waals surface area contributed by atoms with E-state index in [2.05, 4.69) is 16.2 Å². The summed E-state index contributed by atoms with van der Waals surface area (Å²) in [5, 5.41) is 10.1. The Bertz CT molecular complexity index is 235. The zero-order valence-electron chi connectivity index (χ0n) is 12.0. The van der Waals surface area contributed by atoms with Crippen LogP contribution in [0.1, 0.15) is 71.1 Å². The Morgan fingerprint density at radius 3 is 2.17 bits per heavy atom. The van der Waals surface area contributed by atoms with Crippen molar-refractivity contribution in [2.45, 2.75) is 82.9 Å². The lowest BCUT2D eigenvalue weighted by Gasteiger charge is -2.34. The summed E-state index contributed by atoms with van der Waals surface area (Å²) in [7, 11) is 2.99. The molecule has 0 saturated heterocycles. The maximum absolute atomic E-state index is 10.1. The Hall–Kier alpha value is 0.390. The lowest BCUT2D eigenvalue weighted by molar-refractivity contribution is 0.0389. The van der Waals surface area contributed by atoms with Crippen molar-refractivity contribution in [3.8, 4) is 0 Å². The van der Waals surface area contributed by atoms with E-state index in [0.29, 0.717) is 5.92 Å². The van der Waals surface area contributed by atoms with Gasteiger partial charge in [-0.05, 0) is 68.4 Å². The number of hydrogen-bond donors (Lipinski definition) is 1. The average molecular weight is 270 g/mol. The van der Waals surface area contributed by atoms with E-state index in [-0.39, 0.29) is 6.10 Å². The SMILES string of the molecule is CCC1CCC(CCC2CCC(P)CC2)CC1O. The van der Waals surface area contributed by atoms with Gasteiger partial charge in [0, 0.05) is 0 Å². The van der Waals surface area contributed by atoms with E-state index in [0.717, 1.165) is 30.3 Å². The first kappa shape index (κ1) is 14.8. The van der Waals surface area contributed by atoms with Crippen LogP contribution in [0.15, 0.2) is 0 Å². The first-order valence-electron chi connectivity index (χ1n) is 8.12. The minimum Gasteiger partial charge on any atom is -0.393 e. The van der Waals surface area contributed by atoms with Crippen molar-refractivity contribution in [2.24, 2.45) is 17.8 Å². The molecule has 2 rings (SSSR count). The monoisotopic (exact) mass is 270 g/mol. The second-order valence-corrected chi connectivity index (χ2v) is 7.72. The van der Waals surface area contributed by atoms with Crippen LogP contribution in [0.4, 0.5) is 0 Å². The number of aliphatic hydroxyl groups is 1. The van der Waals surface area contributed by atoms with E-state index in [1.807, 2.05) is 0 Å². The smallest absolute Gasteiger partial charge is 0.0570 e. The highest BCUT2D eigenvalue weighted by atomic mass is 31.0. The van der Waals surface area contributed by atoms with Crippen LogP contribution >= 0.6 is 9.24 Å². The van der Waals surface area contributed by atoms with Crippen LogP contribution in [0.5, 0.6) is 0 Å². The van der Waals surface area contributed by atoms with Crippen LogP contribution in [-0.2, 0) is 0 Å². The predicted octanol–water partition coefficient (Wildman–Crippen LogP) is 4.39. The van der Waals surface area contributed by atoms with E-state index in [9.17, 15) is 5.11 Å². The van der Waals surface area contributed by atoms with Crippen molar-refractivity contribution in [2.75, 3.05) is 0 Å². The number of aliphatic hydroxyl groups excluding tert-OH is 1. The van der Waals surface area contributed by atoms with E-state index in [1.54, 1.807) is 0 Å². The van der Waals surface area contributed by atoms with Crippen LogP contribution < -0.4 is 0 Å². The van der Waals surface area contributed by atoms with Gasteiger partial charge in [0.05, 0.1) is 6.10 Å². The summed E-state index contributed by atoms with van der Waals surface area (Å²) < 4.78 is 0. The summed E-state index contributed by atoms with van der Waals surface area (Å²) in [6.07, 6.45) is 13.4. The third kappa shape index (κ3) is 4.20. The van der Waals surface area contributed by atoms with Gasteiger partial charge in [-0.3, -0.25) is 0 Å². The van der Waals surface area contributed by atoms with Crippen molar-refractivity contribution < 1.29 is 5.11 Å². The minimum atomic E-state index is -0.00321. The van der Waals surface area contributed by atoms with E-state index in [4.69, 9.17) is 0 Å². The average Bonchev–Trinajstić information content (AvgIpc) is 2.38. The molecule has 0 amide bonds. The van der Waals surface area contributed by atoms with Gasteiger partial charge in [-0.25, -0.2) is 0 Å². The summed E-state index contributed by atoms with van der Waals surface area (Å²) >= 11 is 0. The van der Waals surface area contributed by atoms with Gasteiger partial charge in [0.15, 0.2) is 0 Å². The molecule has 0 aromatic heterocycles. The molecule has 2 aliphatic carbocycles. The van der Waals surface area contributed by atoms with Crippen LogP contribution in [0.3, 0.4) is 0 Å². The number of rotatable bonds is 4. The summed E-state index contributed by atoms with van der Waals surface area (Å²) in [6.45, 7) is 2.22. The van der Waals surface area contributed by atoms with Crippen molar-refractivity contribution >= 4 is 9.24 Å². The van der Waals surface area contributed by atoms with E-state index in [1.165, 1.54) is 51.4 Å². The zero-order chi connectivity index (χ0) is 13.0. The summed E-state index contributed by atoms with van der Waals surface area (Å²) in [5.41, 5.74) is 0.892. The molecule has 2 fully saturated rings. The van der Waals surface area contributed by atoms with E-state index < -0.39 is 0 Å². The molecule has 1 N–H and O–H groups in total. The first-order valence-corrected chi connectivity index (χ1v) is 8.79. The molecule has 0 aromatic rings. The first-order chi connectivity index (χ1) is 8.69. The van der Waals surface area contributed by atoms with Gasteiger partial charge in [0.1, 0.15) is 0 Å². The second-order valence-electron chi connectivity index (χ2n) is 6.77. The van der Waals surface area contributed by atoms with Gasteiger partial charge < -0.3 is 5.11 Å². The molecule has 106 valence electrons. The predicted molar refractivity (Wildman–Crippen MR) is 81.8 cm³/mol. The molecular weight excluding hydrogens is 239 g/mol. The van der Waals surface area contributed by atoms with Gasteiger partial charge >= 0.3 is 0 Å². The topological polar surface area (TPSA) is 20.2 Å². The fourth-order valence-corrected chi connectivity index (χ4v) is 4.37. The van der Waals surface area contributed by atoms with Gasteiger partial charge in [-0.1, -0.05) is 26.2 Å².